The first-order chi connectivity index (χ1) is 234. The molecule has 18 heterocycles. The Morgan fingerprint density at radius 3 is 1.20 bits per heavy atom. The molecule has 3 saturated heterocycles. The van der Waals surface area contributed by atoms with Crippen LogP contribution in [-0.4, -0.2) is 242 Å². The Balaban J connectivity index is -0.0000000140. The van der Waals surface area contributed by atoms with Gasteiger partial charge in [-0.3, -0.25) is 14.2 Å². The van der Waals surface area contributed by atoms with Gasteiger partial charge in [0.05, 0.1) is 112 Å². The minimum absolute atomic E-state index is 0. The van der Waals surface area contributed by atoms with Crippen molar-refractivity contribution in [3.8, 4) is 75.2 Å². The van der Waals surface area contributed by atoms with E-state index in [1.54, 1.807) is 76.7 Å². The minimum atomic E-state index is -4.64. The van der Waals surface area contributed by atoms with Gasteiger partial charge in [-0.15, -0.1) is 23.2 Å². The molecule has 5 aliphatic carbocycles. The van der Waals surface area contributed by atoms with Crippen molar-refractivity contribution in [3.63, 3.8) is 0 Å². The predicted molar refractivity (Wildman–Crippen MR) is 883 cm³/mol. The fraction of sp³-hybridized carbons (Fsp3) is 0.372. The monoisotopic (exact) mass is 2870 g/mol. The van der Waals surface area contributed by atoms with Gasteiger partial charge < -0.3 is 87.7 Å². The second kappa shape index (κ2) is 52.6. The molecule has 59 heteroatoms. The van der Waals surface area contributed by atoms with Crippen LogP contribution in [0.25, 0.3) is 66.6 Å². The number of carbonyl (C=O) groups excluding carboxylic acids is 2. The zero-order valence-corrected chi connectivity index (χ0v) is 90.7. The maximum atomic E-state index is 10.4. The molecule has 145 heavy (non-hydrogen) atoms. The van der Waals surface area contributed by atoms with Crippen LogP contribution in [0.2, 0.25) is 10.4 Å². The summed E-state index contributed by atoms with van der Waals surface area (Å²) in [6.45, 7) is 19.8. The average Bonchev–Trinajstić information content (AvgIpc) is 1.56. The predicted octanol–water partition coefficient (Wildman–Crippen LogP) is 49.5. The van der Waals surface area contributed by atoms with Crippen LogP contribution in [0, 0.1) is 82.0 Å². The molecule has 0 amide bonds. The number of aromatic amines is 2. The minimum Gasteiger partial charge on any atom is -1.00 e. The first-order valence-electron chi connectivity index (χ1n) is 209. The molecule has 3 aliphatic heterocycles. The molecular weight excluding hydrogens is 2110 g/mol. The van der Waals surface area contributed by atoms with Crippen molar-refractivity contribution in [1.82, 2.24) is 145 Å². The van der Waals surface area contributed by atoms with Crippen molar-refractivity contribution in [2.24, 2.45) is 53.1 Å². The third kappa shape index (κ3) is 29.7. The Labute approximate surface area is 1460 Å². The van der Waals surface area contributed by atoms with Crippen molar-refractivity contribution in [1.29, 1.82) is 0 Å². The molecule has 0 aromatic carbocycles. The third-order valence-electron chi connectivity index (χ3n) is 23.0. The molecule has 23 rings (SSSR count). The fourth-order valence-corrected chi connectivity index (χ4v) is 16.7. The molecule has 15 aromatic rings. The van der Waals surface area contributed by atoms with Gasteiger partial charge in [0.1, 0.15) is 116 Å². The number of anilines is 6. The smallest absolute Gasteiger partial charge is 1.00 e. The summed E-state index contributed by atoms with van der Waals surface area (Å²) >= 11 is 35.2. The Morgan fingerprint density at radius 1 is 0.517 bits per heavy atom. The van der Waals surface area contributed by atoms with E-state index in [0.717, 1.165) is 152 Å². The molecule has 6 atom stereocenters. The summed E-state index contributed by atoms with van der Waals surface area (Å²) in [4.78, 5) is 143. The SMILES string of the molecule is C.C.CC1C2CNCC12.CNc1ncnc2c1Cc1nc(Cl)nc(Cl)c1-2.CNc1ncnc2c1Cc1nc(Oc3cnc(C)nc3)nc(Oc3cnc(C)nc3)c1-2.CNc1ncnc2c1[nH]c1nc(Oc3cnc(C)nc3)nc(N3CC4C(C)C4C3)c12.CNc1ncnc2c1[nH]c1nc(Oc3cnc(C)nc3)nc(N3CC4C(N)C4C3)c12.Cc1ncc(O)cn1.ClCCl.O=CC(F)(F)F.O=CO[O-].O=P(Cl)(Cl)Cl.[2HH].[2H][2H].[2H][2H].[2H][2H].[2H][2H].[2H][2H].[2H][2H].[2H][2H].[2H][2H].[2H][2H].[2H][2H].[2H][2H].[2H][2H].[2H][2H].[2H][2H].[2H][2H].[2H][2H].[2H][2H].[2H][2H].[2H][2H].[2H][2H].[2H][2H].[2H][2H].[2H][2H].[2H][2H].[2H][2H].[2H][2H].[2H][2H].[2H][2H].[2H][2H].[2H][2H].[2H][2H].[2H][2H].[2H][2H].[2H][2H].[2H][2H].[2H][2H].[2H][2H].[2H][2H].[2H][2H].[2H][2H].[2H][2H].[2H][2H].[2H][2H].[2H][2H].[2H][2H].[2H][2H].[2H][2H].[2H][2H].[2H][2H].[2H][2H].[2H][2H].[2H][2H].[2H][2H].[2H][2H].[2H][2H].[2H][2H].[2H][2H].[2H][2H].[2H][2H].[2H][2H].[2H][2H].[2H][2H].[2H][2H].[2H][2H].[2H][2H].[2H][2H].[2H][2H].[2H][2H].[2H][2H].[2H][2H].[2H][2H].[2H][2H].[2H][2H].[2H][2H].[2H][2H].[2H][2H].[2H][2H].[2H][2H].[2H][2H].[2H][2H].[2H][2H].[2H][2H].[2H][2H].[2H][2H].[2H][2H].[2H][2H].[2H][2H].[2H][2H].[2H][2H].[2H][2H].[2H][2H].[2H][2H].[2H][2H].[2H][2H].[2H][2H].[2H][2H].[2H][2H].[2H][2H].[2H][2H].[2H][2H].[2H][2H].[2H][2H].[2H][2H].[2H][2H].[2H][2H].[2H][2H].[2H][2H].[2H][2H].[2H][2H].[2H][2H].[2H][2H].[2H][2H].[2H][2H].[2H][2H].[2H][2H].[2H][2H].[2H][2H].[2H][2H].[2H][2H].[2H][2H].[2H][2H].[2H][2H].[2H][2H].[2H][2H].[2H][2H].[2H][2H].[2H][2H].[2H][2H].[2H][2H].[2H][2H].[2H][2H].[2H][2H].[2H][2H].[2H][2H].[2H][2H].[2H][2H].[2H][2H].[2H][2H].[2H][2H].[2H][2H].[2H][2H].[2H][2H].[2H][2H].[2H][2H].[2H][2H].[2H][2H].[2H][2H].[2H][2H].[2H][2H].[2H][2H].[2H][2H].[2H][2H].[2H][2H].[2H][2H].[2H][2H].[2H][2H].[2H][2H].[2H][2H].[2H][2H].[2H][2H].[2H][2H].[2H][2H].[2H][2H].[2H][2H].[2H][2H].[2H][2H].[H-].[K+].[K+]. The molecule has 0 spiro atoms. The van der Waals surface area contributed by atoms with E-state index in [1.165, 1.54) is 44.5 Å². The number of ether oxygens (including phenoxy) is 4. The molecule has 3 saturated carbocycles. The van der Waals surface area contributed by atoms with Crippen LogP contribution < -0.4 is 169 Å². The van der Waals surface area contributed by atoms with Gasteiger partial charge >= 0.3 is 132 Å². The van der Waals surface area contributed by atoms with Crippen LogP contribution in [0.3, 0.4) is 0 Å². The number of aromatic nitrogens is 28. The number of aryl methyl sites for hydroxylation is 5. The number of hydrogen-bond acceptors (Lipinski definition) is 44. The summed E-state index contributed by atoms with van der Waals surface area (Å²) in [5.74, 6) is 16.5. The summed E-state index contributed by atoms with van der Waals surface area (Å²) in [7, 11) is 7.28. The fourth-order valence-electron chi connectivity index (χ4n) is 16.2. The van der Waals surface area contributed by atoms with Gasteiger partial charge in [0.2, 0.25) is 17.4 Å². The number of aromatic hydroxyl groups is 1. The van der Waals surface area contributed by atoms with E-state index in [2.05, 4.69) is 218 Å². The van der Waals surface area contributed by atoms with E-state index in [0.29, 0.717) is 128 Å². The van der Waals surface area contributed by atoms with Crippen molar-refractivity contribution in [3.05, 3.63) is 149 Å². The quantitative estimate of drug-likeness (QED) is 0.00673. The van der Waals surface area contributed by atoms with Gasteiger partial charge in [0, 0.05) is 579 Å². The van der Waals surface area contributed by atoms with Crippen molar-refractivity contribution < 1.29 is 660 Å². The topological polar surface area (TPSA) is 600 Å². The van der Waals surface area contributed by atoms with Gasteiger partial charge in [-0.1, -0.05) is 40.3 Å². The van der Waals surface area contributed by atoms with E-state index in [4.69, 9.17) is 594 Å². The van der Waals surface area contributed by atoms with Crippen molar-refractivity contribution in [2.75, 3.05) is 104 Å². The number of nitrogens with zero attached hydrogens (tertiary/aromatic N) is 28. The normalized spacial score (nSPS) is 26.8. The number of nitrogens with one attached hydrogen (secondary N) is 7. The second-order valence-corrected chi connectivity index (χ2v) is 39.9. The summed E-state index contributed by atoms with van der Waals surface area (Å²) in [5, 5.41) is 31.9. The number of carbonyl (C=O) groups is 2. The van der Waals surface area contributed by atoms with Gasteiger partial charge in [-0.05, 0) is 140 Å². The maximum absolute atomic E-state index is 10.4. The molecule has 8 aliphatic rings. The van der Waals surface area contributed by atoms with E-state index in [9.17, 15) is 17.7 Å². The van der Waals surface area contributed by atoms with Crippen molar-refractivity contribution in [2.45, 2.75) is 88.4 Å². The van der Waals surface area contributed by atoms with Crippen LogP contribution >= 0.6 is 85.3 Å². The second-order valence-electron chi connectivity index (χ2n) is 31.8. The number of hydrogen-bond donors (Lipinski definition) is 9. The molecule has 10 N–H and O–H groups in total. The maximum Gasteiger partial charge on any atom is 1.00 e. The van der Waals surface area contributed by atoms with E-state index < -0.39 is 17.7 Å². The third-order valence-corrected chi connectivity index (χ3v) is 23.5. The largest absolute Gasteiger partial charge is 1.00 e. The van der Waals surface area contributed by atoms with Crippen LogP contribution in [0.1, 0.15) is 576 Å². The molecular formula is C86H429Cl7F3K2N36O10P. The molecule has 6 unspecified atom stereocenters. The number of aldehydes is 1. The number of piperidine rings is 3. The standard InChI is InChI=1S/C20H17N9O2.C20H21N9O.C19H20N10O.C10H7Cl2N5.C6H11N.C5H6N2O.C2HF3O.CH2Cl2.CH2O3.2CH4.Cl3OP.2K.167H2.H/c1-10-22-5-12(6-23-10)30-19-16-15(4-14-17(16)26-9-27-18(14)21-3)28-20(29-19)31-13-7-24-11(2)25-8-13;1-9-12-6-29(7-13(9)12)19-14-15-16(18(21-3)25-8-24-15)26-17(14)27-20(28-19)30-11-4-22-10(2)23-5-11;1-8-22-3-9(4-23-8)30-19-27-16-12(14-15(26-16)17(21-2)25-7-24-14)18(28-19)29-5-10-11(6-29)13(10)20;1-13-9-4-2-5-6(7(4)14-3-15-9)8(11)17-10(12)16-5;1-4-5-2-7-3-6(4)5;1-4-6-2-5(8)3-7-4;3-2(4,5)1-6;2-1-3;2-1-4-3;;;1-5(2,3)4;;;;;;;;;;;;;;;;;;;;;;;;;;;;;;;;;;;;;;;;;;;;;;;;;;;;;;;;;;;;;;;;;;;;;;;;;;;;;;;;;;;;;;;;;;;;;;;;;;;;;;;;;;;;;;;;;;;;;;;;;;;;;;;;;;;;;;;;;;;;;;;;;;;;;;;;;;;;;;;;;;;;;;;;;;/h5-9H,4H2,1-3H3,(H,21,26,27);4-5,8-9,12-13H,6-7H2,1-3H3,(H,21,24,25)(H,26,27,28);3-4,7,10-11,13H,5-6,20H2,1-2H3,(H,21,24,25)(H,26,27,28);3H,2H2,1H3,(H,13,14,15);4-7H,2-3H2,1H3;2-3,8H,1H3;1H;1H2;1,3H;2*1H4;;;;167*1H;/q;;;;;;;;;;;;2*+1;;;;;;;;;;;;;;;;;;;;;;;;;;;;;;;;;;;;;;;;;;;;;;;;;;;;;;;;;;;;;;;;;;;;;;;;;;;;;;;;;;;;;;;;;;;;;;;;;;;;;;;;;;;;;;;;;;;;;;;;;;;;;;;;;;;;;;;;;;;;;;;;;;;;;;;;;;;;;;;;;;;;;;;;-1/p-1/i;;;;;;;;;;;;;;166*1+1D;1+1;. The summed E-state index contributed by atoms with van der Waals surface area (Å²) in [5.41, 5.74) is 16.9. The van der Waals surface area contributed by atoms with Crippen LogP contribution in [-0.2, 0) is 31.9 Å². The first-order valence-corrected chi connectivity index (χ1v) is 48.8. The van der Waals surface area contributed by atoms with Crippen LogP contribution in [0.5, 0.6) is 52.7 Å². The molecule has 1090 valence electrons. The Hall–Kier alpha value is -10.2. The number of nitrogens with two attached hydrogens (primary N) is 1. The van der Waals surface area contributed by atoms with E-state index in [-0.39, 0.29) is 161 Å². The molecule has 0 radical (unpaired) electrons. The van der Waals surface area contributed by atoms with E-state index in [1.807, 2.05) is 42.0 Å². The Morgan fingerprint density at radius 2 is 0.848 bits per heavy atom. The van der Waals surface area contributed by atoms with Crippen molar-refractivity contribution >= 4 is 177 Å². The number of halogens is 10. The van der Waals surface area contributed by atoms with Gasteiger partial charge in [0.25, 0.3) is 6.47 Å². The molecule has 15 aromatic heterocycles. The zero-order chi connectivity index (χ0) is 433. The average molecular weight is 2880 g/mol. The van der Waals surface area contributed by atoms with Gasteiger partial charge in [-0.25, -0.2) is 99.7 Å². The Kier molecular flexibility index (Phi) is 9.12. The Bertz CT molecular complexity index is 7180. The summed E-state index contributed by atoms with van der Waals surface area (Å²) in [6.07, 6.45) is 17.0. The summed E-state index contributed by atoms with van der Waals surface area (Å²) < 4.78 is 1720. The zero-order valence-electron chi connectivity index (χ0n) is 411. The number of rotatable bonds is 15. The van der Waals surface area contributed by atoms with Gasteiger partial charge in [-0.2, -0.15) is 43.1 Å². The number of alkyl halides is 5. The number of fused-ring (bicyclic) bond motifs is 15. The van der Waals surface area contributed by atoms with Crippen LogP contribution in [0.4, 0.5) is 48.1 Å². The summed E-state index contributed by atoms with van der Waals surface area (Å²) in [6, 6.07) is 0.880. The molecule has 6 fully saturated rings. The molecule has 0 bridgehead atoms. The van der Waals surface area contributed by atoms with E-state index >= 15 is 0 Å². The van der Waals surface area contributed by atoms with Gasteiger partial charge in [0.15, 0.2) is 40.4 Å². The molecule has 46 nitrogen and oxygen atoms in total. The first kappa shape index (κ1) is 25.1. The number of H-pyrrole nitrogens is 2. The van der Waals surface area contributed by atoms with Crippen LogP contribution in [0.15, 0.2) is 87.3 Å².